The highest BCUT2D eigenvalue weighted by Crippen LogP contribution is 2.29. The molecule has 1 amide bonds. The maximum atomic E-state index is 12.3. The highest BCUT2D eigenvalue weighted by molar-refractivity contribution is 5.76. The number of hydrogen-bond donors (Lipinski definition) is 1. The van der Waals surface area contributed by atoms with E-state index in [1.54, 1.807) is 6.20 Å². The summed E-state index contributed by atoms with van der Waals surface area (Å²) in [5.41, 5.74) is 2.11. The molecule has 0 bridgehead atoms. The Labute approximate surface area is 142 Å². The van der Waals surface area contributed by atoms with Crippen molar-refractivity contribution < 1.29 is 4.79 Å². The molecule has 0 saturated heterocycles. The molecular weight excluding hydrogens is 304 g/mol. The van der Waals surface area contributed by atoms with E-state index in [0.29, 0.717) is 13.0 Å². The van der Waals surface area contributed by atoms with Gasteiger partial charge in [0.05, 0.1) is 11.7 Å². The molecule has 0 aromatic carbocycles. The van der Waals surface area contributed by atoms with Gasteiger partial charge < -0.3 is 14.8 Å². The largest absolute Gasteiger partial charge is 0.349 e. The van der Waals surface area contributed by atoms with Gasteiger partial charge in [0.25, 0.3) is 0 Å². The molecule has 1 atom stereocenters. The van der Waals surface area contributed by atoms with E-state index in [2.05, 4.69) is 20.3 Å². The molecule has 2 heterocycles. The summed E-state index contributed by atoms with van der Waals surface area (Å²) >= 11 is 0. The predicted octanol–water partition coefficient (Wildman–Crippen LogP) is 1.63. The van der Waals surface area contributed by atoms with E-state index >= 15 is 0 Å². The molecule has 128 valence electrons. The van der Waals surface area contributed by atoms with Crippen molar-refractivity contribution in [3.63, 3.8) is 0 Å². The van der Waals surface area contributed by atoms with Crippen LogP contribution in [0.5, 0.6) is 0 Å². The van der Waals surface area contributed by atoms with Crippen LogP contribution in [0.1, 0.15) is 42.4 Å². The van der Waals surface area contributed by atoms with Crippen molar-refractivity contribution >= 4 is 11.9 Å². The number of fused-ring (bicyclic) bond motifs is 1. The molecule has 1 aliphatic rings. The summed E-state index contributed by atoms with van der Waals surface area (Å²) < 4.78 is 1.99. The van der Waals surface area contributed by atoms with Crippen molar-refractivity contribution in [3.05, 3.63) is 35.7 Å². The van der Waals surface area contributed by atoms with Gasteiger partial charge in [-0.15, -0.1) is 0 Å². The first-order valence-electron chi connectivity index (χ1n) is 8.35. The monoisotopic (exact) mass is 328 g/mol. The number of carbonyl (C=O) groups is 1. The Balaban J connectivity index is 1.64. The Morgan fingerprint density at radius 3 is 2.96 bits per heavy atom. The summed E-state index contributed by atoms with van der Waals surface area (Å²) in [6, 6.07) is 0.0151. The van der Waals surface area contributed by atoms with Crippen LogP contribution >= 0.6 is 0 Å². The van der Waals surface area contributed by atoms with E-state index in [0.717, 1.165) is 42.3 Å². The zero-order valence-corrected chi connectivity index (χ0v) is 14.5. The minimum atomic E-state index is 0.0151. The molecular formula is C17H24N6O. The molecule has 2 aromatic heterocycles. The van der Waals surface area contributed by atoms with Crippen LogP contribution in [-0.2, 0) is 17.8 Å². The van der Waals surface area contributed by atoms with Crippen molar-refractivity contribution in [2.24, 2.45) is 0 Å². The lowest BCUT2D eigenvalue weighted by molar-refractivity contribution is -0.122. The predicted molar refractivity (Wildman–Crippen MR) is 91.8 cm³/mol. The van der Waals surface area contributed by atoms with Gasteiger partial charge in [-0.05, 0) is 26.2 Å². The SMILES string of the molecule is Cc1nccn1CCC(=O)NC1CCCc2nc(N(C)C)ncc21. The molecule has 7 nitrogen and oxygen atoms in total. The summed E-state index contributed by atoms with van der Waals surface area (Å²) in [6.45, 7) is 2.59. The average molecular weight is 328 g/mol. The van der Waals surface area contributed by atoms with Crippen LogP contribution in [0, 0.1) is 6.92 Å². The number of nitrogens with zero attached hydrogens (tertiary/aromatic N) is 5. The molecule has 7 heteroatoms. The minimum absolute atomic E-state index is 0.0151. The number of carbonyl (C=O) groups excluding carboxylic acids is 1. The third-order valence-electron chi connectivity index (χ3n) is 4.41. The van der Waals surface area contributed by atoms with Gasteiger partial charge in [-0.25, -0.2) is 15.0 Å². The number of imidazole rings is 1. The van der Waals surface area contributed by atoms with Crippen LogP contribution in [-0.4, -0.2) is 39.5 Å². The van der Waals surface area contributed by atoms with E-state index in [9.17, 15) is 4.79 Å². The van der Waals surface area contributed by atoms with E-state index in [1.165, 1.54) is 0 Å². The fraction of sp³-hybridized carbons (Fsp3) is 0.529. The molecule has 1 unspecified atom stereocenters. The number of anilines is 1. The second-order valence-corrected chi connectivity index (χ2v) is 6.40. The average Bonchev–Trinajstić information content (AvgIpc) is 2.98. The maximum Gasteiger partial charge on any atom is 0.225 e. The number of aromatic nitrogens is 4. The number of amides is 1. The van der Waals surface area contributed by atoms with Gasteiger partial charge in [-0.3, -0.25) is 4.79 Å². The first-order chi connectivity index (χ1) is 11.5. The van der Waals surface area contributed by atoms with Gasteiger partial charge in [-0.2, -0.15) is 0 Å². The summed E-state index contributed by atoms with van der Waals surface area (Å²) in [4.78, 5) is 27.4. The van der Waals surface area contributed by atoms with Crippen LogP contribution < -0.4 is 10.2 Å². The highest BCUT2D eigenvalue weighted by Gasteiger charge is 2.24. The Hall–Kier alpha value is -2.44. The second kappa shape index (κ2) is 6.98. The number of nitrogens with one attached hydrogen (secondary N) is 1. The number of rotatable bonds is 5. The summed E-state index contributed by atoms with van der Waals surface area (Å²) in [5, 5.41) is 3.14. The lowest BCUT2D eigenvalue weighted by Crippen LogP contribution is -2.32. The van der Waals surface area contributed by atoms with Crippen LogP contribution in [0.2, 0.25) is 0 Å². The Kier molecular flexibility index (Phi) is 4.78. The van der Waals surface area contributed by atoms with Crippen molar-refractivity contribution in [1.82, 2.24) is 24.8 Å². The number of hydrogen-bond acceptors (Lipinski definition) is 5. The standard InChI is InChI=1S/C17H24N6O/c1-12-18-8-10-23(12)9-7-16(24)20-14-5-4-6-15-13(14)11-19-17(21-15)22(2)3/h8,10-11,14H,4-7,9H2,1-3H3,(H,20,24). The fourth-order valence-corrected chi connectivity index (χ4v) is 3.03. The van der Waals surface area contributed by atoms with Crippen molar-refractivity contribution in [2.45, 2.75) is 45.2 Å². The molecule has 0 fully saturated rings. The van der Waals surface area contributed by atoms with Crippen LogP contribution in [0.25, 0.3) is 0 Å². The third kappa shape index (κ3) is 3.55. The molecule has 3 rings (SSSR count). The van der Waals surface area contributed by atoms with Crippen molar-refractivity contribution in [3.8, 4) is 0 Å². The lowest BCUT2D eigenvalue weighted by atomic mass is 9.92. The highest BCUT2D eigenvalue weighted by atomic mass is 16.1. The Morgan fingerprint density at radius 2 is 2.25 bits per heavy atom. The molecule has 2 aromatic rings. The van der Waals surface area contributed by atoms with Crippen LogP contribution in [0.15, 0.2) is 18.6 Å². The maximum absolute atomic E-state index is 12.3. The van der Waals surface area contributed by atoms with Gasteiger partial charge in [0.1, 0.15) is 5.82 Å². The van der Waals surface area contributed by atoms with Crippen LogP contribution in [0.4, 0.5) is 5.95 Å². The first kappa shape index (κ1) is 16.4. The first-order valence-corrected chi connectivity index (χ1v) is 8.35. The fourth-order valence-electron chi connectivity index (χ4n) is 3.03. The third-order valence-corrected chi connectivity index (χ3v) is 4.41. The van der Waals surface area contributed by atoms with E-state index < -0.39 is 0 Å². The smallest absolute Gasteiger partial charge is 0.225 e. The van der Waals surface area contributed by atoms with Crippen LogP contribution in [0.3, 0.4) is 0 Å². The summed E-state index contributed by atoms with van der Waals surface area (Å²) in [5.74, 6) is 1.70. The van der Waals surface area contributed by atoms with Gasteiger partial charge in [0.15, 0.2) is 0 Å². The summed E-state index contributed by atoms with van der Waals surface area (Å²) in [6.07, 6.45) is 8.87. The quantitative estimate of drug-likeness (QED) is 0.903. The molecule has 0 aliphatic heterocycles. The molecule has 0 saturated carbocycles. The lowest BCUT2D eigenvalue weighted by Gasteiger charge is -2.26. The minimum Gasteiger partial charge on any atom is -0.349 e. The van der Waals surface area contributed by atoms with Gasteiger partial charge in [0, 0.05) is 51.2 Å². The second-order valence-electron chi connectivity index (χ2n) is 6.40. The van der Waals surface area contributed by atoms with E-state index in [-0.39, 0.29) is 11.9 Å². The zero-order valence-electron chi connectivity index (χ0n) is 14.5. The van der Waals surface area contributed by atoms with Crippen molar-refractivity contribution in [1.29, 1.82) is 0 Å². The van der Waals surface area contributed by atoms with Gasteiger partial charge >= 0.3 is 0 Å². The molecule has 0 spiro atoms. The Morgan fingerprint density at radius 1 is 1.42 bits per heavy atom. The molecule has 1 aliphatic carbocycles. The molecule has 0 radical (unpaired) electrons. The number of aryl methyl sites for hydroxylation is 3. The zero-order chi connectivity index (χ0) is 17.1. The van der Waals surface area contributed by atoms with Gasteiger partial charge in [-0.1, -0.05) is 0 Å². The molecule has 1 N–H and O–H groups in total. The normalized spacial score (nSPS) is 16.5. The van der Waals surface area contributed by atoms with E-state index in [1.807, 2.05) is 42.9 Å². The summed E-state index contributed by atoms with van der Waals surface area (Å²) in [7, 11) is 3.86. The van der Waals surface area contributed by atoms with E-state index in [4.69, 9.17) is 0 Å². The Bertz CT molecular complexity index is 724. The van der Waals surface area contributed by atoms with Gasteiger partial charge in [0.2, 0.25) is 11.9 Å². The molecule has 24 heavy (non-hydrogen) atoms. The topological polar surface area (TPSA) is 75.9 Å². The van der Waals surface area contributed by atoms with Crippen molar-refractivity contribution in [2.75, 3.05) is 19.0 Å².